The Morgan fingerprint density at radius 1 is 1.25 bits per heavy atom. The van der Waals surface area contributed by atoms with Crippen molar-refractivity contribution in [1.29, 1.82) is 0 Å². The number of nitrogens with one attached hydrogen (secondary N) is 1. The first-order valence-electron chi connectivity index (χ1n) is 6.85. The highest BCUT2D eigenvalue weighted by atomic mass is 32.2. The zero-order valence-corrected chi connectivity index (χ0v) is 12.2. The van der Waals surface area contributed by atoms with Gasteiger partial charge < -0.3 is 10.0 Å². The molecule has 1 aliphatic heterocycles. The molecular formula is C12H20N2O5S. The molecule has 0 bridgehead atoms. The topological polar surface area (TPSA) is 104 Å². The van der Waals surface area contributed by atoms with E-state index in [2.05, 4.69) is 4.72 Å². The third kappa shape index (κ3) is 3.49. The molecule has 2 unspecified atom stereocenters. The summed E-state index contributed by atoms with van der Waals surface area (Å²) in [6.07, 6.45) is 1.58. The first-order chi connectivity index (χ1) is 9.34. The number of carbonyl (C=O) groups excluding carboxylic acids is 1. The number of aliphatic carboxylic acids is 1. The van der Waals surface area contributed by atoms with Crippen LogP contribution >= 0.6 is 0 Å². The van der Waals surface area contributed by atoms with Gasteiger partial charge in [0.15, 0.2) is 0 Å². The summed E-state index contributed by atoms with van der Waals surface area (Å²) in [6.45, 7) is 2.55. The lowest BCUT2D eigenvalue weighted by Gasteiger charge is -2.32. The Morgan fingerprint density at radius 3 is 2.30 bits per heavy atom. The van der Waals surface area contributed by atoms with E-state index in [0.717, 1.165) is 0 Å². The molecule has 1 amide bonds. The fourth-order valence-corrected chi connectivity index (χ4v) is 3.44. The Kier molecular flexibility index (Phi) is 4.33. The van der Waals surface area contributed by atoms with E-state index in [1.807, 2.05) is 0 Å². The summed E-state index contributed by atoms with van der Waals surface area (Å²) in [4.78, 5) is 24.5. The molecule has 1 saturated heterocycles. The number of piperidine rings is 1. The minimum atomic E-state index is -3.21. The van der Waals surface area contributed by atoms with Gasteiger partial charge in [0.2, 0.25) is 15.9 Å². The van der Waals surface area contributed by atoms with Crippen LogP contribution in [0.15, 0.2) is 0 Å². The van der Waals surface area contributed by atoms with Gasteiger partial charge in [-0.1, -0.05) is 0 Å². The van der Waals surface area contributed by atoms with Gasteiger partial charge in [-0.3, -0.25) is 9.59 Å². The van der Waals surface area contributed by atoms with Crippen molar-refractivity contribution in [1.82, 2.24) is 9.62 Å². The molecule has 2 N–H and O–H groups in total. The second-order valence-electron chi connectivity index (χ2n) is 5.41. The third-order valence-corrected chi connectivity index (χ3v) is 5.41. The molecule has 2 aliphatic rings. The Labute approximate surface area is 118 Å². The van der Waals surface area contributed by atoms with Crippen molar-refractivity contribution in [2.24, 2.45) is 11.8 Å². The maximum absolute atomic E-state index is 12.0. The fraction of sp³-hybridized carbons (Fsp3) is 0.833. The molecule has 2 fully saturated rings. The average molecular weight is 304 g/mol. The van der Waals surface area contributed by atoms with Crippen molar-refractivity contribution in [3.63, 3.8) is 0 Å². The zero-order valence-electron chi connectivity index (χ0n) is 11.4. The van der Waals surface area contributed by atoms with Gasteiger partial charge in [-0.2, -0.15) is 0 Å². The van der Waals surface area contributed by atoms with Crippen LogP contribution in [0.4, 0.5) is 0 Å². The van der Waals surface area contributed by atoms with Gasteiger partial charge in [0, 0.05) is 19.1 Å². The van der Waals surface area contributed by atoms with E-state index in [4.69, 9.17) is 5.11 Å². The van der Waals surface area contributed by atoms with Crippen molar-refractivity contribution in [3.05, 3.63) is 0 Å². The van der Waals surface area contributed by atoms with Gasteiger partial charge in [0.1, 0.15) is 0 Å². The molecule has 0 aromatic carbocycles. The predicted octanol–water partition coefficient (Wildman–Crippen LogP) is -0.363. The smallest absolute Gasteiger partial charge is 0.307 e. The van der Waals surface area contributed by atoms with E-state index in [1.54, 1.807) is 11.8 Å². The lowest BCUT2D eigenvalue weighted by Crippen LogP contribution is -2.47. The highest BCUT2D eigenvalue weighted by Gasteiger charge is 2.50. The molecule has 2 rings (SSSR count). The molecule has 1 aliphatic carbocycles. The molecular weight excluding hydrogens is 284 g/mol. The summed E-state index contributed by atoms with van der Waals surface area (Å²) in [5.41, 5.74) is 0. The van der Waals surface area contributed by atoms with Crippen LogP contribution in [0.5, 0.6) is 0 Å². The van der Waals surface area contributed by atoms with Crippen LogP contribution in [0, 0.1) is 11.8 Å². The molecule has 8 heteroatoms. The highest BCUT2D eigenvalue weighted by molar-refractivity contribution is 7.89. The number of sulfonamides is 1. The maximum Gasteiger partial charge on any atom is 0.307 e. The van der Waals surface area contributed by atoms with Gasteiger partial charge in [-0.25, -0.2) is 13.1 Å². The first kappa shape index (κ1) is 15.2. The number of carboxylic acids is 1. The second kappa shape index (κ2) is 5.69. The first-order valence-corrected chi connectivity index (χ1v) is 8.51. The van der Waals surface area contributed by atoms with Crippen molar-refractivity contribution in [2.75, 3.05) is 18.8 Å². The van der Waals surface area contributed by atoms with Crippen molar-refractivity contribution < 1.29 is 23.1 Å². The Hall–Kier alpha value is -1.15. The van der Waals surface area contributed by atoms with Crippen LogP contribution < -0.4 is 4.72 Å². The highest BCUT2D eigenvalue weighted by Crippen LogP contribution is 2.40. The number of hydrogen-bond acceptors (Lipinski definition) is 4. The number of likely N-dealkylation sites (tertiary alicyclic amines) is 1. The van der Waals surface area contributed by atoms with Crippen LogP contribution in [0.3, 0.4) is 0 Å². The third-order valence-electron chi connectivity index (χ3n) is 3.96. The van der Waals surface area contributed by atoms with Crippen LogP contribution in [-0.4, -0.2) is 55.2 Å². The standard InChI is InChI=1S/C12H20N2O5S/c1-2-20(18,19)13-8-3-5-14(6-4-8)11(15)9-7-10(9)12(16)17/h8-10,13H,2-7H2,1H3,(H,16,17). The van der Waals surface area contributed by atoms with Gasteiger partial charge >= 0.3 is 5.97 Å². The summed E-state index contributed by atoms with van der Waals surface area (Å²) in [7, 11) is -3.21. The minimum Gasteiger partial charge on any atom is -0.481 e. The lowest BCUT2D eigenvalue weighted by molar-refractivity contribution is -0.142. The summed E-state index contributed by atoms with van der Waals surface area (Å²) in [5.74, 6) is -1.87. The monoisotopic (exact) mass is 304 g/mol. The van der Waals surface area contributed by atoms with E-state index >= 15 is 0 Å². The molecule has 0 aromatic rings. The van der Waals surface area contributed by atoms with E-state index in [0.29, 0.717) is 32.4 Å². The predicted molar refractivity (Wildman–Crippen MR) is 71.4 cm³/mol. The van der Waals surface area contributed by atoms with E-state index in [1.165, 1.54) is 0 Å². The van der Waals surface area contributed by atoms with Gasteiger partial charge in [-0.05, 0) is 26.2 Å². The molecule has 114 valence electrons. The van der Waals surface area contributed by atoms with Gasteiger partial charge in [0.05, 0.1) is 17.6 Å². The number of amides is 1. The number of hydrogen-bond donors (Lipinski definition) is 2. The zero-order chi connectivity index (χ0) is 14.9. The van der Waals surface area contributed by atoms with E-state index in [9.17, 15) is 18.0 Å². The summed E-state index contributed by atoms with van der Waals surface area (Å²) in [5, 5.41) is 8.82. The van der Waals surface area contributed by atoms with E-state index < -0.39 is 21.9 Å². The van der Waals surface area contributed by atoms with Crippen molar-refractivity contribution >= 4 is 21.9 Å². The van der Waals surface area contributed by atoms with E-state index in [-0.39, 0.29) is 23.6 Å². The number of carbonyl (C=O) groups is 2. The quantitative estimate of drug-likeness (QED) is 0.721. The maximum atomic E-state index is 12.0. The summed E-state index contributed by atoms with van der Waals surface area (Å²) < 4.78 is 25.5. The summed E-state index contributed by atoms with van der Waals surface area (Å²) in [6, 6.07) is -0.126. The van der Waals surface area contributed by atoms with Crippen LogP contribution in [0.25, 0.3) is 0 Å². The van der Waals surface area contributed by atoms with Crippen molar-refractivity contribution in [2.45, 2.75) is 32.2 Å². The number of carboxylic acid groups (broad SMARTS) is 1. The summed E-state index contributed by atoms with van der Waals surface area (Å²) >= 11 is 0. The average Bonchev–Trinajstić information content (AvgIpc) is 3.19. The Morgan fingerprint density at radius 2 is 1.85 bits per heavy atom. The molecule has 2 atom stereocenters. The molecule has 1 saturated carbocycles. The molecule has 1 heterocycles. The minimum absolute atomic E-state index is 0.0501. The largest absolute Gasteiger partial charge is 0.481 e. The molecule has 20 heavy (non-hydrogen) atoms. The van der Waals surface area contributed by atoms with Gasteiger partial charge in [-0.15, -0.1) is 0 Å². The molecule has 7 nitrogen and oxygen atoms in total. The molecule has 0 spiro atoms. The number of nitrogens with zero attached hydrogens (tertiary/aromatic N) is 1. The molecule has 0 radical (unpaired) electrons. The SMILES string of the molecule is CCS(=O)(=O)NC1CCN(C(=O)C2CC2C(=O)O)CC1. The fourth-order valence-electron chi connectivity index (χ4n) is 2.53. The van der Waals surface area contributed by atoms with Crippen LogP contribution in [0.1, 0.15) is 26.2 Å². The van der Waals surface area contributed by atoms with Gasteiger partial charge in [0.25, 0.3) is 0 Å². The number of rotatable bonds is 5. The van der Waals surface area contributed by atoms with Crippen molar-refractivity contribution in [3.8, 4) is 0 Å². The van der Waals surface area contributed by atoms with Crippen LogP contribution in [-0.2, 0) is 19.6 Å². The molecule has 0 aromatic heterocycles. The second-order valence-corrected chi connectivity index (χ2v) is 7.45. The lowest BCUT2D eigenvalue weighted by atomic mass is 10.1. The van der Waals surface area contributed by atoms with Crippen LogP contribution in [0.2, 0.25) is 0 Å². The Balaban J connectivity index is 1.80. The Bertz CT molecular complexity index is 496. The normalized spacial score (nSPS) is 27.4.